The second kappa shape index (κ2) is 6.92. The Morgan fingerprint density at radius 2 is 2.11 bits per heavy atom. The molecule has 0 saturated heterocycles. The minimum absolute atomic E-state index is 0.0592. The van der Waals surface area contributed by atoms with Gasteiger partial charge < -0.3 is 9.84 Å². The molecule has 1 aromatic rings. The van der Waals surface area contributed by atoms with E-state index in [-0.39, 0.29) is 18.1 Å². The topological polar surface area (TPSA) is 53.7 Å². The molecule has 0 atom stereocenters. The highest BCUT2D eigenvalue weighted by Crippen LogP contribution is 2.09. The summed E-state index contributed by atoms with van der Waals surface area (Å²) in [6, 6.07) is 6.22. The Balaban J connectivity index is 2.75. The molecule has 18 heavy (non-hydrogen) atoms. The summed E-state index contributed by atoms with van der Waals surface area (Å²) < 4.78 is 4.72. The number of esters is 1. The standard InChI is InChI=1S/C14H13NO3/c1-3-18-14(17)13(15-2)6-4-5-11-7-9-12(16)10-8-11/h4-10,16H,3H2,1H3/p-1. The molecule has 0 amide bonds. The Kier molecular flexibility index (Phi) is 5.20. The average molecular weight is 242 g/mol. The SMILES string of the molecule is [C-]#[N+]C(=CC=Cc1ccc([O-])cc1)C(=O)OCC. The van der Waals surface area contributed by atoms with E-state index in [0.29, 0.717) is 0 Å². The molecular weight excluding hydrogens is 230 g/mol. The van der Waals surface area contributed by atoms with E-state index in [1.54, 1.807) is 31.2 Å². The van der Waals surface area contributed by atoms with Crippen LogP contribution >= 0.6 is 0 Å². The van der Waals surface area contributed by atoms with E-state index in [1.165, 1.54) is 18.2 Å². The van der Waals surface area contributed by atoms with Crippen molar-refractivity contribution in [1.29, 1.82) is 0 Å². The zero-order valence-corrected chi connectivity index (χ0v) is 9.92. The predicted octanol–water partition coefficient (Wildman–Crippen LogP) is 2.14. The number of rotatable bonds is 4. The van der Waals surface area contributed by atoms with Crippen molar-refractivity contribution in [3.63, 3.8) is 0 Å². The van der Waals surface area contributed by atoms with E-state index < -0.39 is 5.97 Å². The van der Waals surface area contributed by atoms with Crippen molar-refractivity contribution in [2.24, 2.45) is 0 Å². The quantitative estimate of drug-likeness (QED) is 0.352. The first kappa shape index (κ1) is 13.5. The molecule has 1 aromatic carbocycles. The largest absolute Gasteiger partial charge is 0.872 e. The Hall–Kier alpha value is -2.54. The molecule has 0 N–H and O–H groups in total. The molecule has 4 nitrogen and oxygen atoms in total. The van der Waals surface area contributed by atoms with Gasteiger partial charge in [-0.3, -0.25) is 4.79 Å². The number of benzene rings is 1. The Bertz CT molecular complexity index is 507. The smallest absolute Gasteiger partial charge is 0.336 e. The molecule has 0 radical (unpaired) electrons. The lowest BCUT2D eigenvalue weighted by Crippen LogP contribution is -2.04. The Morgan fingerprint density at radius 3 is 2.67 bits per heavy atom. The third-order valence-electron chi connectivity index (χ3n) is 2.03. The summed E-state index contributed by atoms with van der Waals surface area (Å²) in [5.41, 5.74) is 0.743. The summed E-state index contributed by atoms with van der Waals surface area (Å²) in [5, 5.41) is 10.9. The highest BCUT2D eigenvalue weighted by molar-refractivity contribution is 5.90. The monoisotopic (exact) mass is 242 g/mol. The minimum atomic E-state index is -0.632. The molecular formula is C14H12NO3-. The highest BCUT2D eigenvalue weighted by atomic mass is 16.5. The van der Waals surface area contributed by atoms with Crippen LogP contribution in [0.2, 0.25) is 0 Å². The Morgan fingerprint density at radius 1 is 1.44 bits per heavy atom. The number of hydrogen-bond donors (Lipinski definition) is 0. The van der Waals surface area contributed by atoms with Crippen molar-refractivity contribution < 1.29 is 14.6 Å². The minimum Gasteiger partial charge on any atom is -0.872 e. The normalized spacial score (nSPS) is 11.2. The first-order valence-electron chi connectivity index (χ1n) is 5.37. The number of carbonyl (C=O) groups excluding carboxylic acids is 1. The van der Waals surface area contributed by atoms with Gasteiger partial charge in [0.15, 0.2) is 0 Å². The average Bonchev–Trinajstić information content (AvgIpc) is 2.37. The van der Waals surface area contributed by atoms with E-state index in [4.69, 9.17) is 11.3 Å². The van der Waals surface area contributed by atoms with Crippen LogP contribution in [-0.2, 0) is 9.53 Å². The summed E-state index contributed by atoms with van der Waals surface area (Å²) >= 11 is 0. The maximum absolute atomic E-state index is 11.3. The van der Waals surface area contributed by atoms with Crippen LogP contribution in [0.1, 0.15) is 12.5 Å². The second-order valence-electron chi connectivity index (χ2n) is 3.31. The lowest BCUT2D eigenvalue weighted by atomic mass is 10.2. The zero-order chi connectivity index (χ0) is 13.4. The van der Waals surface area contributed by atoms with Crippen LogP contribution in [-0.4, -0.2) is 12.6 Å². The van der Waals surface area contributed by atoms with Gasteiger partial charge in [0.05, 0.1) is 13.2 Å². The van der Waals surface area contributed by atoms with Gasteiger partial charge in [-0.05, 0) is 18.6 Å². The summed E-state index contributed by atoms with van der Waals surface area (Å²) in [5.74, 6) is -0.692. The molecule has 0 spiro atoms. The van der Waals surface area contributed by atoms with Crippen LogP contribution in [0.3, 0.4) is 0 Å². The van der Waals surface area contributed by atoms with E-state index in [0.717, 1.165) is 5.56 Å². The van der Waals surface area contributed by atoms with Crippen LogP contribution in [0, 0.1) is 6.57 Å². The van der Waals surface area contributed by atoms with Gasteiger partial charge in [-0.15, -0.1) is 5.75 Å². The molecule has 92 valence electrons. The molecule has 0 aliphatic rings. The number of carbonyl (C=O) groups is 1. The molecule has 0 saturated carbocycles. The molecule has 0 aromatic heterocycles. The third-order valence-corrected chi connectivity index (χ3v) is 2.03. The van der Waals surface area contributed by atoms with E-state index in [1.807, 2.05) is 0 Å². The van der Waals surface area contributed by atoms with Crippen LogP contribution in [0.5, 0.6) is 5.75 Å². The number of nitrogens with zero attached hydrogens (tertiary/aromatic N) is 1. The first-order chi connectivity index (χ1) is 8.67. The van der Waals surface area contributed by atoms with Crippen LogP contribution in [0.25, 0.3) is 10.9 Å². The van der Waals surface area contributed by atoms with Gasteiger partial charge in [0.1, 0.15) is 0 Å². The first-order valence-corrected chi connectivity index (χ1v) is 5.37. The fraction of sp³-hybridized carbons (Fsp3) is 0.143. The molecule has 0 aliphatic heterocycles. The van der Waals surface area contributed by atoms with Gasteiger partial charge in [-0.25, -0.2) is 4.85 Å². The van der Waals surface area contributed by atoms with Gasteiger partial charge in [-0.1, -0.05) is 36.4 Å². The van der Waals surface area contributed by atoms with Crippen molar-refractivity contribution >= 4 is 12.0 Å². The summed E-state index contributed by atoms with van der Waals surface area (Å²) in [6.07, 6.45) is 4.66. The molecule has 1 rings (SSSR count). The molecule has 0 bridgehead atoms. The summed E-state index contributed by atoms with van der Waals surface area (Å²) in [6.45, 7) is 8.78. The second-order valence-corrected chi connectivity index (χ2v) is 3.31. The van der Waals surface area contributed by atoms with Crippen molar-refractivity contribution in [1.82, 2.24) is 0 Å². The van der Waals surface area contributed by atoms with E-state index >= 15 is 0 Å². The molecule has 0 fully saturated rings. The molecule has 0 aliphatic carbocycles. The lowest BCUT2D eigenvalue weighted by Gasteiger charge is -2.02. The van der Waals surface area contributed by atoms with Gasteiger partial charge in [-0.2, -0.15) is 0 Å². The maximum Gasteiger partial charge on any atom is 0.336 e. The number of ether oxygens (including phenoxy) is 1. The van der Waals surface area contributed by atoms with Crippen LogP contribution in [0.4, 0.5) is 0 Å². The fourth-order valence-corrected chi connectivity index (χ4v) is 1.19. The van der Waals surface area contributed by atoms with E-state index in [2.05, 4.69) is 4.85 Å². The van der Waals surface area contributed by atoms with Crippen LogP contribution < -0.4 is 5.11 Å². The summed E-state index contributed by atoms with van der Waals surface area (Å²) in [4.78, 5) is 14.4. The number of allylic oxidation sites excluding steroid dienone is 2. The number of hydrogen-bond acceptors (Lipinski definition) is 3. The van der Waals surface area contributed by atoms with Crippen molar-refractivity contribution in [3.8, 4) is 5.75 Å². The van der Waals surface area contributed by atoms with Gasteiger partial charge in [0.2, 0.25) is 0 Å². The third kappa shape index (κ3) is 4.14. The fourth-order valence-electron chi connectivity index (χ4n) is 1.19. The lowest BCUT2D eigenvalue weighted by molar-refractivity contribution is -0.268. The molecule has 0 heterocycles. The van der Waals surface area contributed by atoms with Gasteiger partial charge in [0, 0.05) is 0 Å². The summed E-state index contributed by atoms with van der Waals surface area (Å²) in [7, 11) is 0. The van der Waals surface area contributed by atoms with Crippen LogP contribution in [0.15, 0.2) is 42.1 Å². The molecule has 0 unspecified atom stereocenters. The highest BCUT2D eigenvalue weighted by Gasteiger charge is 2.08. The maximum atomic E-state index is 11.3. The van der Waals surface area contributed by atoms with E-state index in [9.17, 15) is 9.90 Å². The Labute approximate surface area is 106 Å². The zero-order valence-electron chi connectivity index (χ0n) is 9.92. The van der Waals surface area contributed by atoms with Crippen molar-refractivity contribution in [3.05, 3.63) is 59.1 Å². The molecule has 4 heteroatoms. The van der Waals surface area contributed by atoms with Crippen molar-refractivity contribution in [2.45, 2.75) is 6.92 Å². The van der Waals surface area contributed by atoms with Gasteiger partial charge in [0.25, 0.3) is 5.70 Å². The predicted molar refractivity (Wildman–Crippen MR) is 66.2 cm³/mol. The van der Waals surface area contributed by atoms with Crippen molar-refractivity contribution in [2.75, 3.05) is 6.61 Å². The van der Waals surface area contributed by atoms with Gasteiger partial charge >= 0.3 is 5.97 Å².